The van der Waals surface area contributed by atoms with Gasteiger partial charge in [-0.05, 0) is 43.2 Å². The number of aromatic nitrogens is 1. The van der Waals surface area contributed by atoms with E-state index < -0.39 is 29.1 Å². The number of carboxylic acid groups (broad SMARTS) is 2. The Bertz CT molecular complexity index is 1070. The molecule has 3 aliphatic rings. The Kier molecular flexibility index (Phi) is 11.1. The highest BCUT2D eigenvalue weighted by Crippen LogP contribution is 2.47. The zero-order valence-electron chi connectivity index (χ0n) is 23.7. The van der Waals surface area contributed by atoms with Crippen molar-refractivity contribution in [1.29, 1.82) is 0 Å². The van der Waals surface area contributed by atoms with Crippen molar-refractivity contribution in [2.24, 2.45) is 11.3 Å². The van der Waals surface area contributed by atoms with Crippen molar-refractivity contribution < 1.29 is 47.2 Å². The molecule has 1 saturated heterocycles. The highest BCUT2D eigenvalue weighted by molar-refractivity contribution is 5.84. The van der Waals surface area contributed by atoms with E-state index in [1.165, 1.54) is 0 Å². The van der Waals surface area contributed by atoms with Crippen molar-refractivity contribution in [1.82, 2.24) is 15.2 Å². The fraction of sp³-hybridized carbons (Fsp3) is 0.714. The van der Waals surface area contributed by atoms with Gasteiger partial charge in [0.05, 0.1) is 36.5 Å². The van der Waals surface area contributed by atoms with Gasteiger partial charge in [-0.1, -0.05) is 13.8 Å². The molecule has 3 N–H and O–H groups in total. The van der Waals surface area contributed by atoms with Crippen LogP contribution in [0.4, 0.5) is 13.2 Å². The first kappa shape index (κ1) is 32.7. The molecule has 1 aromatic rings. The highest BCUT2D eigenvalue weighted by atomic mass is 19.4. The molecule has 10 nitrogen and oxygen atoms in total. The molecule has 1 aliphatic carbocycles. The van der Waals surface area contributed by atoms with Crippen LogP contribution < -0.4 is 5.32 Å². The lowest BCUT2D eigenvalue weighted by molar-refractivity contribution is -0.146. The SMILES string of the molecule is COC1COCCC1N[C@@H]1CC[C@@](C(=O)N2CCc3ncc(C(F)(F)F)cc3C2)(C(C)C)C1.O=C(O)CCC(=O)O. The molecule has 0 aromatic carbocycles. The highest BCUT2D eigenvalue weighted by Gasteiger charge is 2.50. The Balaban J connectivity index is 0.000000507. The molecule has 1 aromatic heterocycles. The van der Waals surface area contributed by atoms with Crippen molar-refractivity contribution >= 4 is 17.8 Å². The van der Waals surface area contributed by atoms with E-state index in [2.05, 4.69) is 24.1 Å². The summed E-state index contributed by atoms with van der Waals surface area (Å²) < 4.78 is 50.6. The van der Waals surface area contributed by atoms with Crippen molar-refractivity contribution in [3.8, 4) is 0 Å². The lowest BCUT2D eigenvalue weighted by Gasteiger charge is -2.40. The van der Waals surface area contributed by atoms with Gasteiger partial charge in [0, 0.05) is 57.2 Å². The summed E-state index contributed by atoms with van der Waals surface area (Å²) in [7, 11) is 1.69. The van der Waals surface area contributed by atoms with E-state index in [9.17, 15) is 27.6 Å². The van der Waals surface area contributed by atoms with Gasteiger partial charge in [0.15, 0.2) is 0 Å². The maximum Gasteiger partial charge on any atom is 0.417 e. The van der Waals surface area contributed by atoms with Gasteiger partial charge in [0.1, 0.15) is 0 Å². The van der Waals surface area contributed by atoms with Crippen LogP contribution in [0, 0.1) is 11.3 Å². The van der Waals surface area contributed by atoms with Gasteiger partial charge in [-0.3, -0.25) is 19.4 Å². The molecule has 0 bridgehead atoms. The number of hydrogen-bond donors (Lipinski definition) is 3. The summed E-state index contributed by atoms with van der Waals surface area (Å²) in [6, 6.07) is 1.55. The van der Waals surface area contributed by atoms with Crippen molar-refractivity contribution in [2.45, 2.75) is 89.7 Å². The molecule has 13 heteroatoms. The number of pyridine rings is 1. The van der Waals surface area contributed by atoms with Crippen molar-refractivity contribution in [2.75, 3.05) is 26.9 Å². The van der Waals surface area contributed by atoms with Crippen LogP contribution in [0.3, 0.4) is 0 Å². The second-order valence-electron chi connectivity index (χ2n) is 11.3. The number of carboxylic acids is 2. The van der Waals surface area contributed by atoms with Gasteiger partial charge in [-0.2, -0.15) is 13.2 Å². The lowest BCUT2D eigenvalue weighted by Crippen LogP contribution is -2.52. The zero-order chi connectivity index (χ0) is 30.4. The van der Waals surface area contributed by atoms with Crippen LogP contribution in [0.1, 0.15) is 69.2 Å². The summed E-state index contributed by atoms with van der Waals surface area (Å²) >= 11 is 0. The normalized spacial score (nSPS) is 26.2. The average molecular weight is 588 g/mol. The number of aliphatic carboxylic acids is 2. The van der Waals surface area contributed by atoms with E-state index in [4.69, 9.17) is 19.7 Å². The molecule has 1 saturated carbocycles. The third-order valence-corrected chi connectivity index (χ3v) is 8.34. The van der Waals surface area contributed by atoms with E-state index in [1.807, 2.05) is 0 Å². The first-order chi connectivity index (χ1) is 19.3. The summed E-state index contributed by atoms with van der Waals surface area (Å²) in [5.74, 6) is -1.97. The molecule has 3 heterocycles. The Labute approximate surface area is 237 Å². The van der Waals surface area contributed by atoms with Crippen LogP contribution in [0.5, 0.6) is 0 Å². The second kappa shape index (κ2) is 13.9. The Hall–Kier alpha value is -2.77. The number of halogens is 3. The first-order valence-electron chi connectivity index (χ1n) is 13.9. The zero-order valence-corrected chi connectivity index (χ0v) is 23.7. The van der Waals surface area contributed by atoms with Crippen LogP contribution in [0.2, 0.25) is 0 Å². The first-order valence-corrected chi connectivity index (χ1v) is 13.9. The molecule has 0 radical (unpaired) electrons. The Morgan fingerprint density at radius 1 is 1.22 bits per heavy atom. The molecular formula is C28H40F3N3O7. The molecule has 4 atom stereocenters. The summed E-state index contributed by atoms with van der Waals surface area (Å²) in [5.41, 5.74) is -0.121. The van der Waals surface area contributed by atoms with Gasteiger partial charge in [-0.25, -0.2) is 0 Å². The minimum absolute atomic E-state index is 0.00238. The molecule has 2 aliphatic heterocycles. The maximum absolute atomic E-state index is 13.8. The monoisotopic (exact) mass is 587 g/mol. The standard InChI is InChI=1S/C24H34F3N3O3.C4H6O4/c1-15(2)23(7-4-18(11-23)29-20-6-9-33-14-21(20)32-3)22(31)30-8-5-19-16(13-30)10-17(12-28-19)24(25,26)27;5-3(6)1-2-4(7)8/h10,12,15,18,20-21,29H,4-9,11,13-14H2,1-3H3;1-2H2,(H,5,6)(H,7,8)/t18-,20?,21?,23+;/m1./s1. The summed E-state index contributed by atoms with van der Waals surface area (Å²) in [4.78, 5) is 38.9. The molecule has 2 fully saturated rings. The molecule has 2 unspecified atom stereocenters. The fourth-order valence-corrected chi connectivity index (χ4v) is 5.90. The number of ether oxygens (including phenoxy) is 2. The van der Waals surface area contributed by atoms with Crippen LogP contribution in [-0.4, -0.2) is 83.0 Å². The van der Waals surface area contributed by atoms with Crippen LogP contribution in [-0.2, 0) is 43.0 Å². The molecule has 230 valence electrons. The van der Waals surface area contributed by atoms with Gasteiger partial charge in [0.2, 0.25) is 5.91 Å². The third kappa shape index (κ3) is 8.39. The van der Waals surface area contributed by atoms with E-state index in [1.54, 1.807) is 12.0 Å². The minimum atomic E-state index is -4.44. The largest absolute Gasteiger partial charge is 0.481 e. The Morgan fingerprint density at radius 2 is 1.90 bits per heavy atom. The van der Waals surface area contributed by atoms with Crippen LogP contribution >= 0.6 is 0 Å². The van der Waals surface area contributed by atoms with Crippen LogP contribution in [0.15, 0.2) is 12.3 Å². The number of hydrogen-bond acceptors (Lipinski definition) is 7. The predicted molar refractivity (Wildman–Crippen MR) is 141 cm³/mol. The summed E-state index contributed by atoms with van der Waals surface area (Å²) in [6.45, 7) is 6.09. The van der Waals surface area contributed by atoms with Crippen molar-refractivity contribution in [3.63, 3.8) is 0 Å². The summed E-state index contributed by atoms with van der Waals surface area (Å²) in [6.07, 6.45) is -0.412. The topological polar surface area (TPSA) is 138 Å². The van der Waals surface area contributed by atoms with Gasteiger partial charge >= 0.3 is 18.1 Å². The van der Waals surface area contributed by atoms with Gasteiger partial charge in [-0.15, -0.1) is 0 Å². The van der Waals surface area contributed by atoms with Crippen LogP contribution in [0.25, 0.3) is 0 Å². The van der Waals surface area contributed by atoms with E-state index in [0.29, 0.717) is 37.4 Å². The number of nitrogens with one attached hydrogen (secondary N) is 1. The Morgan fingerprint density at radius 3 is 2.49 bits per heavy atom. The van der Waals surface area contributed by atoms with Gasteiger partial charge in [0.25, 0.3) is 0 Å². The van der Waals surface area contributed by atoms with E-state index >= 15 is 0 Å². The molecule has 0 spiro atoms. The predicted octanol–water partition coefficient (Wildman–Crippen LogP) is 3.51. The van der Waals surface area contributed by atoms with Crippen molar-refractivity contribution in [3.05, 3.63) is 29.1 Å². The van der Waals surface area contributed by atoms with E-state index in [0.717, 1.165) is 37.9 Å². The molecule has 1 amide bonds. The van der Waals surface area contributed by atoms with Gasteiger partial charge < -0.3 is 29.9 Å². The minimum Gasteiger partial charge on any atom is -0.481 e. The number of nitrogens with zero attached hydrogens (tertiary/aromatic N) is 2. The number of amides is 1. The second-order valence-corrected chi connectivity index (χ2v) is 11.3. The number of rotatable bonds is 8. The number of carbonyl (C=O) groups excluding carboxylic acids is 1. The average Bonchev–Trinajstić information content (AvgIpc) is 3.36. The maximum atomic E-state index is 13.8. The smallest absolute Gasteiger partial charge is 0.417 e. The molecule has 41 heavy (non-hydrogen) atoms. The number of fused-ring (bicyclic) bond motifs is 1. The summed E-state index contributed by atoms with van der Waals surface area (Å²) in [5, 5.41) is 19.5. The van der Waals surface area contributed by atoms with E-state index in [-0.39, 0.29) is 49.4 Å². The molecular weight excluding hydrogens is 547 g/mol. The third-order valence-electron chi connectivity index (χ3n) is 8.34. The number of carbonyl (C=O) groups is 3. The number of alkyl halides is 3. The molecule has 4 rings (SSSR count). The quantitative estimate of drug-likeness (QED) is 0.417. The number of methoxy groups -OCH3 is 1. The lowest BCUT2D eigenvalue weighted by atomic mass is 9.74. The fourth-order valence-electron chi connectivity index (χ4n) is 5.90.